The lowest BCUT2D eigenvalue weighted by atomic mass is 9.89. The van der Waals surface area contributed by atoms with Crippen LogP contribution in [0.1, 0.15) is 26.2 Å². The Bertz CT molecular complexity index is 278. The molecule has 1 aliphatic rings. The number of hydrogen-bond acceptors (Lipinski definition) is 5. The van der Waals surface area contributed by atoms with Gasteiger partial charge in [0.15, 0.2) is 0 Å². The van der Waals surface area contributed by atoms with Gasteiger partial charge in [0.25, 0.3) is 0 Å². The predicted octanol–water partition coefficient (Wildman–Crippen LogP) is -0.617. The Morgan fingerprint density at radius 1 is 1.56 bits per heavy atom. The van der Waals surface area contributed by atoms with E-state index in [2.05, 4.69) is 10.6 Å². The molecule has 1 heterocycles. The third-order valence-corrected chi connectivity index (χ3v) is 3.13. The van der Waals surface area contributed by atoms with E-state index >= 15 is 0 Å². The van der Waals surface area contributed by atoms with Gasteiger partial charge < -0.3 is 21.1 Å². The number of hydrogen-bond donors (Lipinski definition) is 3. The number of carbonyl (C=O) groups is 2. The van der Waals surface area contributed by atoms with Crippen LogP contribution in [0.15, 0.2) is 0 Å². The van der Waals surface area contributed by atoms with Crippen molar-refractivity contribution in [2.24, 2.45) is 11.7 Å². The maximum Gasteiger partial charge on any atom is 0.307 e. The maximum atomic E-state index is 11.5. The molecule has 6 heteroatoms. The normalized spacial score (nSPS) is 21.1. The fourth-order valence-electron chi connectivity index (χ4n) is 2.22. The standard InChI is InChI=1S/C12H23N3O3/c1-2-18-12(17)6-10(15-11(16)7-13)9-4-3-5-14-8-9/h9-10,14H,2-8,13H2,1H3,(H,15,16). The second-order valence-corrected chi connectivity index (χ2v) is 4.49. The quantitative estimate of drug-likeness (QED) is 0.552. The number of nitrogens with one attached hydrogen (secondary N) is 2. The van der Waals surface area contributed by atoms with Gasteiger partial charge >= 0.3 is 5.97 Å². The molecule has 0 aromatic heterocycles. The molecule has 1 aliphatic heterocycles. The van der Waals surface area contributed by atoms with E-state index in [1.54, 1.807) is 6.92 Å². The summed E-state index contributed by atoms with van der Waals surface area (Å²) in [5.74, 6) is -0.237. The van der Waals surface area contributed by atoms with Gasteiger partial charge in [-0.3, -0.25) is 9.59 Å². The zero-order valence-electron chi connectivity index (χ0n) is 10.9. The Morgan fingerprint density at radius 3 is 2.89 bits per heavy atom. The lowest BCUT2D eigenvalue weighted by molar-refractivity contribution is -0.144. The molecule has 0 radical (unpaired) electrons. The highest BCUT2D eigenvalue weighted by atomic mass is 16.5. The van der Waals surface area contributed by atoms with Crippen molar-refractivity contribution in [3.05, 3.63) is 0 Å². The van der Waals surface area contributed by atoms with Gasteiger partial charge in [-0.25, -0.2) is 0 Å². The van der Waals surface area contributed by atoms with Crippen molar-refractivity contribution in [2.75, 3.05) is 26.2 Å². The molecular weight excluding hydrogens is 234 g/mol. The Balaban J connectivity index is 2.55. The first-order valence-electron chi connectivity index (χ1n) is 6.53. The number of nitrogens with two attached hydrogens (primary N) is 1. The van der Waals surface area contributed by atoms with Crippen LogP contribution in [0.5, 0.6) is 0 Å². The van der Waals surface area contributed by atoms with Crippen LogP contribution in [0.2, 0.25) is 0 Å². The van der Waals surface area contributed by atoms with E-state index in [0.29, 0.717) is 6.61 Å². The molecule has 4 N–H and O–H groups in total. The summed E-state index contributed by atoms with van der Waals surface area (Å²) < 4.78 is 4.94. The highest BCUT2D eigenvalue weighted by Crippen LogP contribution is 2.17. The van der Waals surface area contributed by atoms with Crippen LogP contribution in [0, 0.1) is 5.92 Å². The second-order valence-electron chi connectivity index (χ2n) is 4.49. The molecule has 1 amide bonds. The van der Waals surface area contributed by atoms with Gasteiger partial charge in [-0.05, 0) is 38.8 Å². The summed E-state index contributed by atoms with van der Waals surface area (Å²) in [6, 6.07) is -0.187. The smallest absolute Gasteiger partial charge is 0.307 e. The van der Waals surface area contributed by atoms with Crippen LogP contribution in [0.3, 0.4) is 0 Å². The van der Waals surface area contributed by atoms with Gasteiger partial charge in [-0.2, -0.15) is 0 Å². The highest BCUT2D eigenvalue weighted by Gasteiger charge is 2.27. The molecule has 0 saturated carbocycles. The highest BCUT2D eigenvalue weighted by molar-refractivity contribution is 5.79. The third-order valence-electron chi connectivity index (χ3n) is 3.13. The molecule has 2 unspecified atom stereocenters. The Hall–Kier alpha value is -1.14. The largest absolute Gasteiger partial charge is 0.466 e. The summed E-state index contributed by atoms with van der Waals surface area (Å²) in [5.41, 5.74) is 5.30. The van der Waals surface area contributed by atoms with E-state index < -0.39 is 0 Å². The molecule has 0 bridgehead atoms. The minimum atomic E-state index is -0.273. The van der Waals surface area contributed by atoms with Crippen molar-refractivity contribution >= 4 is 11.9 Å². The summed E-state index contributed by atoms with van der Waals surface area (Å²) in [4.78, 5) is 22.9. The monoisotopic (exact) mass is 257 g/mol. The fraction of sp³-hybridized carbons (Fsp3) is 0.833. The minimum Gasteiger partial charge on any atom is -0.466 e. The molecular formula is C12H23N3O3. The first-order valence-corrected chi connectivity index (χ1v) is 6.53. The van der Waals surface area contributed by atoms with Crippen molar-refractivity contribution in [3.63, 3.8) is 0 Å². The number of rotatable bonds is 6. The Labute approximate surface area is 108 Å². The number of piperidine rings is 1. The predicted molar refractivity (Wildman–Crippen MR) is 67.8 cm³/mol. The number of carbonyl (C=O) groups excluding carboxylic acids is 2. The first-order chi connectivity index (χ1) is 8.67. The summed E-state index contributed by atoms with van der Waals surface area (Å²) in [7, 11) is 0. The number of amides is 1. The molecule has 1 fully saturated rings. The number of ether oxygens (including phenoxy) is 1. The topological polar surface area (TPSA) is 93.5 Å². The summed E-state index contributed by atoms with van der Waals surface area (Å²) >= 11 is 0. The van der Waals surface area contributed by atoms with E-state index in [0.717, 1.165) is 25.9 Å². The molecule has 2 atom stereocenters. The van der Waals surface area contributed by atoms with Gasteiger partial charge in [0, 0.05) is 6.04 Å². The van der Waals surface area contributed by atoms with Crippen molar-refractivity contribution in [2.45, 2.75) is 32.2 Å². The van der Waals surface area contributed by atoms with E-state index in [1.165, 1.54) is 0 Å². The first kappa shape index (κ1) is 14.9. The van der Waals surface area contributed by atoms with Crippen molar-refractivity contribution in [3.8, 4) is 0 Å². The molecule has 6 nitrogen and oxygen atoms in total. The summed E-state index contributed by atoms with van der Waals surface area (Å²) in [6.07, 6.45) is 2.27. The maximum absolute atomic E-state index is 11.5. The van der Waals surface area contributed by atoms with Crippen LogP contribution in [-0.4, -0.2) is 44.2 Å². The van der Waals surface area contributed by atoms with Gasteiger partial charge in [0.05, 0.1) is 19.6 Å². The Kier molecular flexibility index (Phi) is 6.67. The van der Waals surface area contributed by atoms with Crippen molar-refractivity contribution in [1.82, 2.24) is 10.6 Å². The fourth-order valence-corrected chi connectivity index (χ4v) is 2.22. The zero-order chi connectivity index (χ0) is 13.4. The van der Waals surface area contributed by atoms with E-state index in [4.69, 9.17) is 10.5 Å². The molecule has 0 aromatic rings. The zero-order valence-corrected chi connectivity index (χ0v) is 10.9. The van der Waals surface area contributed by atoms with E-state index in [9.17, 15) is 9.59 Å². The summed E-state index contributed by atoms with van der Waals surface area (Å²) in [5, 5.41) is 6.10. The van der Waals surface area contributed by atoms with Crippen LogP contribution in [0.25, 0.3) is 0 Å². The van der Waals surface area contributed by atoms with Crippen LogP contribution < -0.4 is 16.4 Å². The van der Waals surface area contributed by atoms with Gasteiger partial charge in [0.2, 0.25) is 5.91 Å². The molecule has 1 rings (SSSR count). The van der Waals surface area contributed by atoms with E-state index in [1.807, 2.05) is 0 Å². The van der Waals surface area contributed by atoms with E-state index in [-0.39, 0.29) is 36.8 Å². The average Bonchev–Trinajstić information content (AvgIpc) is 2.39. The van der Waals surface area contributed by atoms with Crippen LogP contribution in [-0.2, 0) is 14.3 Å². The van der Waals surface area contributed by atoms with Gasteiger partial charge in [0.1, 0.15) is 0 Å². The van der Waals surface area contributed by atoms with Crippen LogP contribution in [0.4, 0.5) is 0 Å². The van der Waals surface area contributed by atoms with Crippen molar-refractivity contribution < 1.29 is 14.3 Å². The summed E-state index contributed by atoms with van der Waals surface area (Å²) in [6.45, 7) is 3.88. The minimum absolute atomic E-state index is 0.0561. The third kappa shape index (κ3) is 5.01. The second kappa shape index (κ2) is 8.05. The molecule has 0 spiro atoms. The van der Waals surface area contributed by atoms with Gasteiger partial charge in [-0.15, -0.1) is 0 Å². The van der Waals surface area contributed by atoms with Gasteiger partial charge in [-0.1, -0.05) is 0 Å². The lowest BCUT2D eigenvalue weighted by Crippen LogP contribution is -2.48. The molecule has 0 aromatic carbocycles. The SMILES string of the molecule is CCOC(=O)CC(NC(=O)CN)C1CCCNC1. The van der Waals surface area contributed by atoms with Crippen molar-refractivity contribution in [1.29, 1.82) is 0 Å². The Morgan fingerprint density at radius 2 is 2.33 bits per heavy atom. The molecule has 104 valence electrons. The molecule has 18 heavy (non-hydrogen) atoms. The molecule has 0 aliphatic carbocycles. The number of esters is 1. The van der Waals surface area contributed by atoms with Crippen LogP contribution >= 0.6 is 0 Å². The lowest BCUT2D eigenvalue weighted by Gasteiger charge is -2.30. The molecule has 1 saturated heterocycles. The average molecular weight is 257 g/mol.